The summed E-state index contributed by atoms with van der Waals surface area (Å²) in [6.07, 6.45) is 5.08. The van der Waals surface area contributed by atoms with Crippen LogP contribution in [0.15, 0.2) is 12.2 Å². The average molecular weight is 254 g/mol. The van der Waals surface area contributed by atoms with E-state index in [1.54, 1.807) is 7.11 Å². The molecule has 0 unspecified atom stereocenters. The zero-order chi connectivity index (χ0) is 13.4. The highest BCUT2D eigenvalue weighted by Crippen LogP contribution is 2.19. The van der Waals surface area contributed by atoms with E-state index in [0.29, 0.717) is 6.04 Å². The minimum absolute atomic E-state index is 0.651. The summed E-state index contributed by atoms with van der Waals surface area (Å²) >= 11 is 0. The summed E-state index contributed by atoms with van der Waals surface area (Å²) in [5, 5.41) is 3.54. The Kier molecular flexibility index (Phi) is 7.56. The second-order valence-electron chi connectivity index (χ2n) is 5.34. The van der Waals surface area contributed by atoms with Gasteiger partial charge in [0.05, 0.1) is 6.61 Å². The highest BCUT2D eigenvalue weighted by molar-refractivity contribution is 5.02. The third-order valence-corrected chi connectivity index (χ3v) is 3.69. The van der Waals surface area contributed by atoms with E-state index in [2.05, 4.69) is 30.6 Å². The Morgan fingerprint density at radius 1 is 1.39 bits per heavy atom. The topological polar surface area (TPSA) is 24.5 Å². The molecule has 18 heavy (non-hydrogen) atoms. The zero-order valence-electron chi connectivity index (χ0n) is 12.4. The van der Waals surface area contributed by atoms with Crippen molar-refractivity contribution in [1.82, 2.24) is 10.2 Å². The number of hydrogen-bond donors (Lipinski definition) is 1. The first-order valence-electron chi connectivity index (χ1n) is 7.34. The molecule has 0 spiro atoms. The fraction of sp³-hybridized carbons (Fsp3) is 0.867. The van der Waals surface area contributed by atoms with Crippen LogP contribution in [-0.4, -0.2) is 50.3 Å². The van der Waals surface area contributed by atoms with Crippen LogP contribution in [0.1, 0.15) is 39.5 Å². The van der Waals surface area contributed by atoms with Gasteiger partial charge in [0, 0.05) is 38.8 Å². The van der Waals surface area contributed by atoms with Gasteiger partial charge in [0.1, 0.15) is 0 Å². The summed E-state index contributed by atoms with van der Waals surface area (Å²) in [5.41, 5.74) is 1.30. The van der Waals surface area contributed by atoms with Gasteiger partial charge in [-0.3, -0.25) is 4.90 Å². The summed E-state index contributed by atoms with van der Waals surface area (Å²) in [6, 6.07) is 1.42. The molecule has 3 heteroatoms. The SMILES string of the molecule is C=C(CNC1CC1)CN(CCOC)C(CC)CC. The first-order chi connectivity index (χ1) is 8.71. The molecule has 0 saturated heterocycles. The van der Waals surface area contributed by atoms with Crippen LogP contribution >= 0.6 is 0 Å². The second-order valence-corrected chi connectivity index (χ2v) is 5.34. The van der Waals surface area contributed by atoms with Crippen LogP contribution in [0.5, 0.6) is 0 Å². The molecule has 1 N–H and O–H groups in total. The van der Waals surface area contributed by atoms with Gasteiger partial charge in [0.2, 0.25) is 0 Å². The molecule has 106 valence electrons. The first-order valence-corrected chi connectivity index (χ1v) is 7.34. The molecule has 0 aromatic heterocycles. The van der Waals surface area contributed by atoms with E-state index in [9.17, 15) is 0 Å². The van der Waals surface area contributed by atoms with Gasteiger partial charge in [-0.05, 0) is 31.3 Å². The van der Waals surface area contributed by atoms with Crippen LogP contribution in [0.2, 0.25) is 0 Å². The number of hydrogen-bond acceptors (Lipinski definition) is 3. The minimum atomic E-state index is 0.651. The van der Waals surface area contributed by atoms with Crippen molar-refractivity contribution >= 4 is 0 Å². The van der Waals surface area contributed by atoms with E-state index in [1.807, 2.05) is 0 Å². The average Bonchev–Trinajstić information content (AvgIpc) is 3.18. The second kappa shape index (κ2) is 8.68. The summed E-state index contributed by atoms with van der Waals surface area (Å²) in [7, 11) is 1.77. The number of methoxy groups -OCH3 is 1. The van der Waals surface area contributed by atoms with Gasteiger partial charge in [0.25, 0.3) is 0 Å². The van der Waals surface area contributed by atoms with E-state index >= 15 is 0 Å². The smallest absolute Gasteiger partial charge is 0.0589 e. The monoisotopic (exact) mass is 254 g/mol. The largest absolute Gasteiger partial charge is 0.383 e. The van der Waals surface area contributed by atoms with Gasteiger partial charge in [-0.15, -0.1) is 0 Å². The van der Waals surface area contributed by atoms with E-state index in [0.717, 1.165) is 32.3 Å². The van der Waals surface area contributed by atoms with Crippen LogP contribution < -0.4 is 5.32 Å². The molecule has 1 saturated carbocycles. The maximum absolute atomic E-state index is 5.21. The van der Waals surface area contributed by atoms with Crippen LogP contribution in [0.4, 0.5) is 0 Å². The summed E-state index contributed by atoms with van der Waals surface area (Å²) in [5.74, 6) is 0. The Labute approximate surface area is 113 Å². The van der Waals surface area contributed by atoms with Crippen LogP contribution in [0.25, 0.3) is 0 Å². The molecule has 0 aromatic carbocycles. The Balaban J connectivity index is 2.34. The molecule has 1 fully saturated rings. The van der Waals surface area contributed by atoms with E-state index in [-0.39, 0.29) is 0 Å². The van der Waals surface area contributed by atoms with Crippen molar-refractivity contribution in [1.29, 1.82) is 0 Å². The molecule has 1 aliphatic carbocycles. The van der Waals surface area contributed by atoms with Crippen molar-refractivity contribution in [3.63, 3.8) is 0 Å². The van der Waals surface area contributed by atoms with Crippen molar-refractivity contribution in [3.8, 4) is 0 Å². The Bertz CT molecular complexity index is 235. The molecule has 1 rings (SSSR count). The molecular weight excluding hydrogens is 224 g/mol. The van der Waals surface area contributed by atoms with Crippen LogP contribution in [0, 0.1) is 0 Å². The van der Waals surface area contributed by atoms with Gasteiger partial charge < -0.3 is 10.1 Å². The Morgan fingerprint density at radius 3 is 2.56 bits per heavy atom. The molecular formula is C15H30N2O. The fourth-order valence-corrected chi connectivity index (χ4v) is 2.32. The molecule has 0 radical (unpaired) electrons. The lowest BCUT2D eigenvalue weighted by Crippen LogP contribution is -2.39. The van der Waals surface area contributed by atoms with Gasteiger partial charge in [-0.2, -0.15) is 0 Å². The predicted molar refractivity (Wildman–Crippen MR) is 78.0 cm³/mol. The minimum Gasteiger partial charge on any atom is -0.383 e. The summed E-state index contributed by atoms with van der Waals surface area (Å²) in [6.45, 7) is 12.5. The zero-order valence-corrected chi connectivity index (χ0v) is 12.4. The molecule has 3 nitrogen and oxygen atoms in total. The molecule has 0 bridgehead atoms. The van der Waals surface area contributed by atoms with Crippen molar-refractivity contribution in [3.05, 3.63) is 12.2 Å². The molecule has 0 aromatic rings. The normalized spacial score (nSPS) is 15.6. The van der Waals surface area contributed by atoms with E-state index < -0.39 is 0 Å². The van der Waals surface area contributed by atoms with Crippen LogP contribution in [0.3, 0.4) is 0 Å². The van der Waals surface area contributed by atoms with Gasteiger partial charge >= 0.3 is 0 Å². The molecule has 0 atom stereocenters. The van der Waals surface area contributed by atoms with Gasteiger partial charge in [0.15, 0.2) is 0 Å². The highest BCUT2D eigenvalue weighted by Gasteiger charge is 2.21. The number of ether oxygens (including phenoxy) is 1. The summed E-state index contributed by atoms with van der Waals surface area (Å²) in [4.78, 5) is 2.51. The predicted octanol–water partition coefficient (Wildman–Crippen LogP) is 2.43. The van der Waals surface area contributed by atoms with Gasteiger partial charge in [-0.25, -0.2) is 0 Å². The van der Waals surface area contributed by atoms with Gasteiger partial charge in [-0.1, -0.05) is 20.4 Å². The number of nitrogens with one attached hydrogen (secondary N) is 1. The van der Waals surface area contributed by atoms with Crippen molar-refractivity contribution < 1.29 is 4.74 Å². The highest BCUT2D eigenvalue weighted by atomic mass is 16.5. The third kappa shape index (κ3) is 5.98. The Hall–Kier alpha value is -0.380. The quantitative estimate of drug-likeness (QED) is 0.573. The molecule has 0 heterocycles. The van der Waals surface area contributed by atoms with E-state index in [4.69, 9.17) is 4.74 Å². The lowest BCUT2D eigenvalue weighted by Gasteiger charge is -2.31. The number of nitrogens with zero attached hydrogens (tertiary/aromatic N) is 1. The lowest BCUT2D eigenvalue weighted by molar-refractivity contribution is 0.122. The maximum atomic E-state index is 5.21. The van der Waals surface area contributed by atoms with Crippen LogP contribution in [-0.2, 0) is 4.74 Å². The fourth-order valence-electron chi connectivity index (χ4n) is 2.32. The lowest BCUT2D eigenvalue weighted by atomic mass is 10.1. The molecule has 1 aliphatic rings. The van der Waals surface area contributed by atoms with Crippen molar-refractivity contribution in [2.45, 2.75) is 51.6 Å². The number of rotatable bonds is 11. The van der Waals surface area contributed by atoms with E-state index in [1.165, 1.54) is 31.3 Å². The third-order valence-electron chi connectivity index (χ3n) is 3.69. The molecule has 0 amide bonds. The molecule has 0 aliphatic heterocycles. The Morgan fingerprint density at radius 2 is 2.06 bits per heavy atom. The maximum Gasteiger partial charge on any atom is 0.0589 e. The summed E-state index contributed by atoms with van der Waals surface area (Å²) < 4.78 is 5.21. The van der Waals surface area contributed by atoms with Crippen molar-refractivity contribution in [2.75, 3.05) is 33.4 Å². The van der Waals surface area contributed by atoms with Crippen molar-refractivity contribution in [2.24, 2.45) is 0 Å². The standard InChI is InChI=1S/C15H30N2O/c1-5-15(6-2)17(9-10-18-4)12-13(3)11-16-14-7-8-14/h14-16H,3,5-12H2,1-2,4H3. The first kappa shape index (κ1) is 15.7.